The largest absolute Gasteiger partial charge is 0.488 e. The predicted molar refractivity (Wildman–Crippen MR) is 75.3 cm³/mol. The van der Waals surface area contributed by atoms with Crippen molar-refractivity contribution in [1.82, 2.24) is 0 Å². The lowest BCUT2D eigenvalue weighted by molar-refractivity contribution is 0.0962. The first-order valence-corrected chi connectivity index (χ1v) is 6.27. The lowest BCUT2D eigenvalue weighted by Crippen LogP contribution is -2.20. The maximum absolute atomic E-state index is 11.5. The van der Waals surface area contributed by atoms with E-state index in [1.54, 1.807) is 0 Å². The van der Waals surface area contributed by atoms with Gasteiger partial charge >= 0.3 is 0 Å². The van der Waals surface area contributed by atoms with Crippen molar-refractivity contribution in [1.29, 1.82) is 0 Å². The molecule has 2 nitrogen and oxygen atoms in total. The highest BCUT2D eigenvalue weighted by molar-refractivity contribution is 6.08. The Labute approximate surface area is 112 Å². The van der Waals surface area contributed by atoms with Crippen LogP contribution in [0.4, 0.5) is 0 Å². The van der Waals surface area contributed by atoms with Crippen LogP contribution in [-0.2, 0) is 13.0 Å². The van der Waals surface area contributed by atoms with Crippen molar-refractivity contribution in [3.05, 3.63) is 71.3 Å². The highest BCUT2D eigenvalue weighted by Gasteiger charge is 2.26. The zero-order valence-electron chi connectivity index (χ0n) is 10.6. The van der Waals surface area contributed by atoms with E-state index in [4.69, 9.17) is 4.74 Å². The fourth-order valence-corrected chi connectivity index (χ4v) is 2.23. The summed E-state index contributed by atoms with van der Waals surface area (Å²) in [6.45, 7) is 4.20. The number of hydrogen-bond acceptors (Lipinski definition) is 2. The quantitative estimate of drug-likeness (QED) is 0.828. The number of fused-ring (bicyclic) bond motifs is 1. The Balaban J connectivity index is 1.74. The standard InChI is InChI=1S/C17H14O2/c1-2-12-6-8-13(9-7-12)11-19-16-5-3-4-14-10-15(18)17(14)16/h2-9H,1,10-11H2. The lowest BCUT2D eigenvalue weighted by Gasteiger charge is -2.20. The molecule has 0 aromatic heterocycles. The molecule has 0 fully saturated rings. The van der Waals surface area contributed by atoms with Gasteiger partial charge in [-0.05, 0) is 22.8 Å². The topological polar surface area (TPSA) is 26.3 Å². The summed E-state index contributed by atoms with van der Waals surface area (Å²) >= 11 is 0. The van der Waals surface area contributed by atoms with Crippen molar-refractivity contribution < 1.29 is 9.53 Å². The minimum Gasteiger partial charge on any atom is -0.488 e. The van der Waals surface area contributed by atoms with Gasteiger partial charge in [0.2, 0.25) is 0 Å². The summed E-state index contributed by atoms with van der Waals surface area (Å²) in [6.07, 6.45) is 2.35. The molecule has 0 aliphatic heterocycles. The van der Waals surface area contributed by atoms with Crippen LogP contribution < -0.4 is 4.74 Å². The van der Waals surface area contributed by atoms with Gasteiger partial charge in [0.15, 0.2) is 5.78 Å². The Hall–Kier alpha value is -2.35. The summed E-state index contributed by atoms with van der Waals surface area (Å²) in [7, 11) is 0. The van der Waals surface area contributed by atoms with Crippen molar-refractivity contribution in [2.75, 3.05) is 0 Å². The highest BCUT2D eigenvalue weighted by Crippen LogP contribution is 2.32. The third kappa shape index (κ3) is 2.17. The van der Waals surface area contributed by atoms with E-state index in [9.17, 15) is 4.79 Å². The van der Waals surface area contributed by atoms with Gasteiger partial charge in [-0.3, -0.25) is 4.79 Å². The van der Waals surface area contributed by atoms with E-state index in [0.717, 1.165) is 22.3 Å². The molecule has 0 unspecified atom stereocenters. The van der Waals surface area contributed by atoms with Crippen LogP contribution in [0.5, 0.6) is 5.75 Å². The molecular formula is C17H14O2. The number of ether oxygens (including phenoxy) is 1. The zero-order chi connectivity index (χ0) is 13.2. The molecule has 2 aromatic carbocycles. The van der Waals surface area contributed by atoms with E-state index in [1.807, 2.05) is 48.5 Å². The van der Waals surface area contributed by atoms with Crippen LogP contribution in [-0.4, -0.2) is 5.78 Å². The lowest BCUT2D eigenvalue weighted by atomic mass is 9.86. The number of Topliss-reactive ketones (excluding diaryl/α,β-unsaturated/α-hetero) is 1. The minimum atomic E-state index is 0.174. The molecule has 94 valence electrons. The minimum absolute atomic E-state index is 0.174. The van der Waals surface area contributed by atoms with Crippen LogP contribution in [0.2, 0.25) is 0 Å². The normalized spacial score (nSPS) is 12.5. The molecule has 19 heavy (non-hydrogen) atoms. The maximum atomic E-state index is 11.5. The van der Waals surface area contributed by atoms with E-state index >= 15 is 0 Å². The van der Waals surface area contributed by atoms with Crippen molar-refractivity contribution in [3.63, 3.8) is 0 Å². The average molecular weight is 250 g/mol. The molecule has 0 bridgehead atoms. The van der Waals surface area contributed by atoms with Crippen LogP contribution in [0, 0.1) is 0 Å². The van der Waals surface area contributed by atoms with Gasteiger partial charge < -0.3 is 4.74 Å². The molecule has 0 radical (unpaired) electrons. The fraction of sp³-hybridized carbons (Fsp3) is 0.118. The summed E-state index contributed by atoms with van der Waals surface area (Å²) in [5, 5.41) is 0. The van der Waals surface area contributed by atoms with E-state index in [2.05, 4.69) is 6.58 Å². The second kappa shape index (κ2) is 4.73. The van der Waals surface area contributed by atoms with Gasteiger partial charge in [0, 0.05) is 6.42 Å². The summed E-state index contributed by atoms with van der Waals surface area (Å²) in [5.41, 5.74) is 4.01. The molecule has 1 aliphatic rings. The van der Waals surface area contributed by atoms with Crippen LogP contribution in [0.3, 0.4) is 0 Å². The Morgan fingerprint density at radius 2 is 1.95 bits per heavy atom. The van der Waals surface area contributed by atoms with Crippen LogP contribution in [0.25, 0.3) is 6.08 Å². The van der Waals surface area contributed by atoms with Gasteiger partial charge in [0.25, 0.3) is 0 Å². The van der Waals surface area contributed by atoms with E-state index < -0.39 is 0 Å². The smallest absolute Gasteiger partial charge is 0.171 e. The van der Waals surface area contributed by atoms with Gasteiger partial charge in [-0.25, -0.2) is 0 Å². The molecule has 2 aromatic rings. The number of hydrogen-bond donors (Lipinski definition) is 0. The average Bonchev–Trinajstić information content (AvgIpc) is 2.44. The highest BCUT2D eigenvalue weighted by atomic mass is 16.5. The molecule has 0 spiro atoms. The fourth-order valence-electron chi connectivity index (χ4n) is 2.23. The van der Waals surface area contributed by atoms with Crippen molar-refractivity contribution in [3.8, 4) is 5.75 Å². The molecule has 3 rings (SSSR count). The van der Waals surface area contributed by atoms with Gasteiger partial charge in [0.1, 0.15) is 12.4 Å². The summed E-state index contributed by atoms with van der Waals surface area (Å²) in [4.78, 5) is 11.5. The monoisotopic (exact) mass is 250 g/mol. The molecule has 0 saturated heterocycles. The van der Waals surface area contributed by atoms with Crippen molar-refractivity contribution >= 4 is 11.9 Å². The Morgan fingerprint density at radius 1 is 1.16 bits per heavy atom. The zero-order valence-corrected chi connectivity index (χ0v) is 10.6. The van der Waals surface area contributed by atoms with Crippen molar-refractivity contribution in [2.45, 2.75) is 13.0 Å². The molecule has 1 aliphatic carbocycles. The second-order valence-corrected chi connectivity index (χ2v) is 4.62. The van der Waals surface area contributed by atoms with Gasteiger partial charge in [-0.15, -0.1) is 0 Å². The Kier molecular flexibility index (Phi) is 2.92. The Morgan fingerprint density at radius 3 is 2.63 bits per heavy atom. The molecule has 2 heteroatoms. The molecule has 0 saturated carbocycles. The number of carbonyl (C=O) groups is 1. The van der Waals surface area contributed by atoms with E-state index in [-0.39, 0.29) is 5.78 Å². The third-order valence-electron chi connectivity index (χ3n) is 3.35. The summed E-state index contributed by atoms with van der Waals surface area (Å²) in [6, 6.07) is 13.8. The first kappa shape index (κ1) is 11.7. The molecule has 0 N–H and O–H groups in total. The first-order valence-electron chi connectivity index (χ1n) is 6.27. The number of ketones is 1. The van der Waals surface area contributed by atoms with Crippen LogP contribution >= 0.6 is 0 Å². The number of carbonyl (C=O) groups excluding carboxylic acids is 1. The van der Waals surface area contributed by atoms with Crippen LogP contribution in [0.15, 0.2) is 49.0 Å². The molecule has 0 atom stereocenters. The number of benzene rings is 2. The maximum Gasteiger partial charge on any atom is 0.171 e. The van der Waals surface area contributed by atoms with E-state index in [1.165, 1.54) is 0 Å². The predicted octanol–water partition coefficient (Wildman–Crippen LogP) is 3.65. The van der Waals surface area contributed by atoms with Crippen molar-refractivity contribution in [2.24, 2.45) is 0 Å². The van der Waals surface area contributed by atoms with Gasteiger partial charge in [0.05, 0.1) is 5.56 Å². The first-order chi connectivity index (χ1) is 9.28. The second-order valence-electron chi connectivity index (χ2n) is 4.62. The number of rotatable bonds is 4. The molecular weight excluding hydrogens is 236 g/mol. The summed E-state index contributed by atoms with van der Waals surface area (Å²) in [5.74, 6) is 0.870. The summed E-state index contributed by atoms with van der Waals surface area (Å²) < 4.78 is 5.75. The van der Waals surface area contributed by atoms with Crippen LogP contribution in [0.1, 0.15) is 27.0 Å². The third-order valence-corrected chi connectivity index (χ3v) is 3.35. The van der Waals surface area contributed by atoms with Gasteiger partial charge in [-0.2, -0.15) is 0 Å². The van der Waals surface area contributed by atoms with Gasteiger partial charge in [-0.1, -0.05) is 49.1 Å². The molecule has 0 heterocycles. The van der Waals surface area contributed by atoms with E-state index in [0.29, 0.717) is 18.8 Å². The Bertz CT molecular complexity index is 639. The molecule has 0 amide bonds. The SMILES string of the molecule is C=Cc1ccc(COc2cccc3c2C(=O)C3)cc1.